The fourth-order valence-electron chi connectivity index (χ4n) is 8.11. The molecule has 0 spiro atoms. The second-order valence-electron chi connectivity index (χ2n) is 15.9. The molecular weight excluding hydrogens is 725 g/mol. The Morgan fingerprint density at radius 2 is 1.02 bits per heavy atom. The van der Waals surface area contributed by atoms with Gasteiger partial charge in [-0.3, -0.25) is 9.98 Å². The summed E-state index contributed by atoms with van der Waals surface area (Å²) in [4.78, 5) is 9.51. The van der Waals surface area contributed by atoms with E-state index in [0.29, 0.717) is 5.92 Å². The number of aliphatic imine (C=N–C) groups is 1. The van der Waals surface area contributed by atoms with Gasteiger partial charge in [-0.05, 0) is 139 Å². The molecule has 1 aliphatic carbocycles. The van der Waals surface area contributed by atoms with E-state index in [4.69, 9.17) is 4.99 Å². The maximum Gasteiger partial charge on any atom is 0.0722 e. The molecule has 0 fully saturated rings. The Morgan fingerprint density at radius 3 is 1.57 bits per heavy atom. The van der Waals surface area contributed by atoms with E-state index in [0.717, 1.165) is 35.3 Å². The number of aryl methyl sites for hydroxylation is 1. The van der Waals surface area contributed by atoms with Gasteiger partial charge in [0.1, 0.15) is 0 Å². The standard InChI is InChI=1S/C46H41N.C12H11N/c1-5-31(3)45(6-2)47-46-32(4)25-43(41-22-21-37-26-35(17-19-38(37)28-41)33-13-9-7-10-14-33)30-44(46)42-24-23-39-27-36(18-20-40(39)29-42)34-15-11-8-12-16-34;1-10-4-2-5-11(8-10)12-6-3-7-13-9-12/h7-31,45H,4-6H2,1-3H3;2-9H,1H3/t31-,45-;/m1./s1. The molecule has 9 rings (SSSR count). The summed E-state index contributed by atoms with van der Waals surface area (Å²) in [6.45, 7) is 13.5. The van der Waals surface area contributed by atoms with Crippen LogP contribution in [-0.2, 0) is 0 Å². The van der Waals surface area contributed by atoms with Gasteiger partial charge in [-0.15, -0.1) is 0 Å². The molecule has 7 aromatic carbocycles. The largest absolute Gasteiger partial charge is 0.281 e. The van der Waals surface area contributed by atoms with E-state index in [-0.39, 0.29) is 6.04 Å². The summed E-state index contributed by atoms with van der Waals surface area (Å²) in [5.74, 6) is 0.501. The van der Waals surface area contributed by atoms with Crippen molar-refractivity contribution >= 4 is 38.4 Å². The van der Waals surface area contributed by atoms with Crippen LogP contribution in [-0.4, -0.2) is 16.7 Å². The minimum absolute atomic E-state index is 0.249. The lowest BCUT2D eigenvalue weighted by Gasteiger charge is -2.24. The molecule has 2 heteroatoms. The van der Waals surface area contributed by atoms with Crippen molar-refractivity contribution in [3.05, 3.63) is 223 Å². The van der Waals surface area contributed by atoms with Crippen LogP contribution in [0.4, 0.5) is 0 Å². The third-order valence-corrected chi connectivity index (χ3v) is 11.8. The second kappa shape index (κ2) is 18.4. The Labute approximate surface area is 356 Å². The van der Waals surface area contributed by atoms with Crippen molar-refractivity contribution in [3.8, 4) is 33.4 Å². The first-order valence-electron chi connectivity index (χ1n) is 21.2. The van der Waals surface area contributed by atoms with E-state index in [1.807, 2.05) is 12.3 Å². The molecule has 0 N–H and O–H groups in total. The first kappa shape index (κ1) is 39.9. The highest BCUT2D eigenvalue weighted by Gasteiger charge is 2.22. The molecule has 0 aliphatic heterocycles. The van der Waals surface area contributed by atoms with Crippen LogP contribution in [0.25, 0.3) is 66.1 Å². The molecule has 0 bridgehead atoms. The maximum atomic E-state index is 5.42. The Bertz CT molecular complexity index is 2860. The van der Waals surface area contributed by atoms with Gasteiger partial charge in [-0.1, -0.05) is 179 Å². The molecule has 1 heterocycles. The number of allylic oxidation sites excluding steroid dienone is 5. The second-order valence-corrected chi connectivity index (χ2v) is 15.9. The lowest BCUT2D eigenvalue weighted by atomic mass is 9.85. The zero-order valence-corrected chi connectivity index (χ0v) is 35.1. The van der Waals surface area contributed by atoms with Gasteiger partial charge in [0.05, 0.1) is 11.8 Å². The van der Waals surface area contributed by atoms with E-state index >= 15 is 0 Å². The topological polar surface area (TPSA) is 25.2 Å². The van der Waals surface area contributed by atoms with Crippen molar-refractivity contribution in [2.45, 2.75) is 46.6 Å². The fraction of sp³-hybridized carbons (Fsp3) is 0.138. The summed E-state index contributed by atoms with van der Waals surface area (Å²) in [5.41, 5.74) is 15.3. The molecule has 2 nitrogen and oxygen atoms in total. The zero-order chi connectivity index (χ0) is 41.4. The number of hydrogen-bond donors (Lipinski definition) is 0. The lowest BCUT2D eigenvalue weighted by molar-refractivity contribution is 0.435. The number of rotatable bonds is 9. The number of hydrogen-bond acceptors (Lipinski definition) is 2. The molecular formula is C58H52N2. The summed E-state index contributed by atoms with van der Waals surface area (Å²) in [7, 11) is 0. The lowest BCUT2D eigenvalue weighted by Crippen LogP contribution is -2.19. The maximum absolute atomic E-state index is 5.42. The monoisotopic (exact) mass is 776 g/mol. The summed E-state index contributed by atoms with van der Waals surface area (Å²) in [6, 6.07) is 61.0. The minimum Gasteiger partial charge on any atom is -0.281 e. The molecule has 2 atom stereocenters. The third-order valence-electron chi connectivity index (χ3n) is 11.8. The van der Waals surface area contributed by atoms with Gasteiger partial charge >= 0.3 is 0 Å². The van der Waals surface area contributed by atoms with Crippen LogP contribution in [0.2, 0.25) is 0 Å². The minimum atomic E-state index is 0.249. The van der Waals surface area contributed by atoms with Gasteiger partial charge in [-0.2, -0.15) is 0 Å². The van der Waals surface area contributed by atoms with E-state index in [1.165, 1.54) is 71.6 Å². The van der Waals surface area contributed by atoms with E-state index < -0.39 is 0 Å². The van der Waals surface area contributed by atoms with Crippen LogP contribution in [0.3, 0.4) is 0 Å². The van der Waals surface area contributed by atoms with Crippen LogP contribution in [0.15, 0.2) is 212 Å². The van der Waals surface area contributed by atoms with Crippen LogP contribution >= 0.6 is 0 Å². The van der Waals surface area contributed by atoms with Gasteiger partial charge in [0, 0.05) is 18.0 Å². The molecule has 0 unspecified atom stereocenters. The van der Waals surface area contributed by atoms with Crippen LogP contribution < -0.4 is 0 Å². The number of benzene rings is 7. The normalized spacial score (nSPS) is 14.3. The van der Waals surface area contributed by atoms with Gasteiger partial charge in [0.15, 0.2) is 0 Å². The highest BCUT2D eigenvalue weighted by molar-refractivity contribution is 6.36. The molecule has 1 aromatic heterocycles. The Morgan fingerprint density at radius 1 is 0.500 bits per heavy atom. The van der Waals surface area contributed by atoms with Gasteiger partial charge < -0.3 is 0 Å². The number of aromatic nitrogens is 1. The van der Waals surface area contributed by atoms with E-state index in [2.05, 4.69) is 215 Å². The third kappa shape index (κ3) is 9.04. The van der Waals surface area contributed by atoms with Crippen molar-refractivity contribution in [1.82, 2.24) is 4.98 Å². The number of nitrogens with zero attached hydrogens (tertiary/aromatic N) is 2. The smallest absolute Gasteiger partial charge is 0.0722 e. The first-order valence-corrected chi connectivity index (χ1v) is 21.2. The Balaban J connectivity index is 0.000000326. The van der Waals surface area contributed by atoms with Crippen LogP contribution in [0.5, 0.6) is 0 Å². The molecule has 294 valence electrons. The molecule has 1 aliphatic rings. The van der Waals surface area contributed by atoms with Crippen LogP contribution in [0.1, 0.15) is 50.3 Å². The SMILES string of the molecule is C=C1C=C(c2ccc3cc(-c4ccccc4)ccc3c2)C=C(c2ccc3cc(-c4ccccc4)ccc3c2)C1=N[C@H](CC)[C@H](C)CC.Cc1cccc(-c2cccnc2)c1. The first-order chi connectivity index (χ1) is 29.4. The molecule has 0 saturated heterocycles. The highest BCUT2D eigenvalue weighted by Crippen LogP contribution is 2.36. The molecule has 0 radical (unpaired) electrons. The van der Waals surface area contributed by atoms with Gasteiger partial charge in [-0.25, -0.2) is 0 Å². The summed E-state index contributed by atoms with van der Waals surface area (Å²) in [5, 5.41) is 4.92. The quantitative estimate of drug-likeness (QED) is 0.143. The predicted octanol–water partition coefficient (Wildman–Crippen LogP) is 15.7. The average Bonchev–Trinajstić information content (AvgIpc) is 3.31. The van der Waals surface area contributed by atoms with Gasteiger partial charge in [0.25, 0.3) is 0 Å². The fourth-order valence-corrected chi connectivity index (χ4v) is 8.11. The van der Waals surface area contributed by atoms with Crippen molar-refractivity contribution < 1.29 is 0 Å². The number of pyridine rings is 1. The highest BCUT2D eigenvalue weighted by atomic mass is 14.8. The van der Waals surface area contributed by atoms with E-state index in [9.17, 15) is 0 Å². The number of fused-ring (bicyclic) bond motifs is 2. The van der Waals surface area contributed by atoms with Gasteiger partial charge in [0.2, 0.25) is 0 Å². The molecule has 0 saturated carbocycles. The summed E-state index contributed by atoms with van der Waals surface area (Å²) >= 11 is 0. The van der Waals surface area contributed by atoms with Crippen molar-refractivity contribution in [1.29, 1.82) is 0 Å². The summed E-state index contributed by atoms with van der Waals surface area (Å²) < 4.78 is 0. The van der Waals surface area contributed by atoms with Crippen molar-refractivity contribution in [3.63, 3.8) is 0 Å². The van der Waals surface area contributed by atoms with Crippen LogP contribution in [0, 0.1) is 12.8 Å². The van der Waals surface area contributed by atoms with Crippen molar-refractivity contribution in [2.75, 3.05) is 0 Å². The zero-order valence-electron chi connectivity index (χ0n) is 35.1. The predicted molar refractivity (Wildman–Crippen MR) is 259 cm³/mol. The van der Waals surface area contributed by atoms with E-state index in [1.54, 1.807) is 6.20 Å². The van der Waals surface area contributed by atoms with Crippen molar-refractivity contribution in [2.24, 2.45) is 10.9 Å². The molecule has 8 aromatic rings. The average molecular weight is 777 g/mol. The summed E-state index contributed by atoms with van der Waals surface area (Å²) in [6.07, 6.45) is 10.3. The molecule has 60 heavy (non-hydrogen) atoms. The Kier molecular flexibility index (Phi) is 12.2. The molecule has 0 amide bonds. The Hall–Kier alpha value is -6.90.